The van der Waals surface area contributed by atoms with Crippen molar-refractivity contribution in [1.29, 1.82) is 0 Å². The topological polar surface area (TPSA) is 61.7 Å². The van der Waals surface area contributed by atoms with E-state index in [4.69, 9.17) is 9.72 Å². The van der Waals surface area contributed by atoms with Crippen molar-refractivity contribution in [3.8, 4) is 5.75 Å². The summed E-state index contributed by atoms with van der Waals surface area (Å²) in [5.41, 5.74) is 3.67. The first-order chi connectivity index (χ1) is 12.8. The first-order valence-corrected chi connectivity index (χ1v) is 9.50. The van der Waals surface area contributed by atoms with Gasteiger partial charge in [-0.1, -0.05) is 12.1 Å². The number of phenolic OH excluding ortho intramolecular Hbond substituents is 1. The SMILES string of the molecule is Oc1cccc(CN2[C@H]3CC[C@@H]2c2cnc(N4CCOCC4)nc2C3)c1. The van der Waals surface area contributed by atoms with Gasteiger partial charge < -0.3 is 14.7 Å². The van der Waals surface area contributed by atoms with E-state index < -0.39 is 0 Å². The van der Waals surface area contributed by atoms with Crippen LogP contribution in [0.5, 0.6) is 5.75 Å². The lowest BCUT2D eigenvalue weighted by Gasteiger charge is -2.36. The smallest absolute Gasteiger partial charge is 0.225 e. The van der Waals surface area contributed by atoms with Crippen molar-refractivity contribution in [2.75, 3.05) is 31.2 Å². The maximum atomic E-state index is 9.75. The van der Waals surface area contributed by atoms with Gasteiger partial charge in [0.25, 0.3) is 0 Å². The number of ether oxygens (including phenoxy) is 1. The fraction of sp³-hybridized carbons (Fsp3) is 0.500. The molecule has 4 heterocycles. The Balaban J connectivity index is 1.40. The molecule has 2 fully saturated rings. The largest absolute Gasteiger partial charge is 0.508 e. The maximum Gasteiger partial charge on any atom is 0.225 e. The number of nitrogens with zero attached hydrogens (tertiary/aromatic N) is 4. The third-order valence-electron chi connectivity index (χ3n) is 5.89. The number of rotatable bonds is 3. The molecule has 6 heteroatoms. The highest BCUT2D eigenvalue weighted by atomic mass is 16.5. The van der Waals surface area contributed by atoms with Crippen LogP contribution in [0.2, 0.25) is 0 Å². The van der Waals surface area contributed by atoms with Crippen LogP contribution in [0.25, 0.3) is 0 Å². The van der Waals surface area contributed by atoms with Gasteiger partial charge in [-0.05, 0) is 30.5 Å². The second-order valence-corrected chi connectivity index (χ2v) is 7.46. The second kappa shape index (κ2) is 6.52. The lowest BCUT2D eigenvalue weighted by atomic mass is 9.98. The van der Waals surface area contributed by atoms with Crippen molar-refractivity contribution in [1.82, 2.24) is 14.9 Å². The lowest BCUT2D eigenvalue weighted by molar-refractivity contribution is 0.122. The molecule has 2 bridgehead atoms. The second-order valence-electron chi connectivity index (χ2n) is 7.46. The van der Waals surface area contributed by atoms with Gasteiger partial charge in [-0.25, -0.2) is 9.97 Å². The number of aromatic hydroxyl groups is 1. The number of fused-ring (bicyclic) bond motifs is 4. The van der Waals surface area contributed by atoms with E-state index in [1.54, 1.807) is 6.07 Å². The van der Waals surface area contributed by atoms with Crippen LogP contribution in [0.4, 0.5) is 5.95 Å². The number of hydrogen-bond donors (Lipinski definition) is 1. The quantitative estimate of drug-likeness (QED) is 0.914. The summed E-state index contributed by atoms with van der Waals surface area (Å²) in [5.74, 6) is 1.19. The Kier molecular flexibility index (Phi) is 4.02. The van der Waals surface area contributed by atoms with E-state index in [9.17, 15) is 5.11 Å². The van der Waals surface area contributed by atoms with E-state index in [1.165, 1.54) is 17.7 Å². The molecule has 0 amide bonds. The van der Waals surface area contributed by atoms with Crippen LogP contribution in [0.3, 0.4) is 0 Å². The van der Waals surface area contributed by atoms with E-state index in [-0.39, 0.29) is 0 Å². The summed E-state index contributed by atoms with van der Waals surface area (Å²) in [5, 5.41) is 9.75. The standard InChI is InChI=1S/C20H24N4O2/c25-16-3-1-2-14(10-16)13-24-15-4-5-19(24)17-12-21-20(22-18(17)11-15)23-6-8-26-9-7-23/h1-3,10,12,15,19,25H,4-9,11,13H2/t15-,19+/m0/s1. The molecule has 2 saturated heterocycles. The minimum Gasteiger partial charge on any atom is -0.508 e. The number of anilines is 1. The normalized spacial score (nSPS) is 25.3. The van der Waals surface area contributed by atoms with Crippen molar-refractivity contribution in [3.05, 3.63) is 47.3 Å². The van der Waals surface area contributed by atoms with E-state index in [1.807, 2.05) is 12.1 Å². The summed E-state index contributed by atoms with van der Waals surface area (Å²) in [6, 6.07) is 8.53. The average Bonchev–Trinajstić information content (AvgIpc) is 2.94. The number of morpholine rings is 1. The van der Waals surface area contributed by atoms with Gasteiger partial charge in [0, 0.05) is 49.9 Å². The molecule has 0 unspecified atom stereocenters. The van der Waals surface area contributed by atoms with Crippen LogP contribution in [0, 0.1) is 0 Å². The minimum absolute atomic E-state index is 0.339. The van der Waals surface area contributed by atoms with Crippen molar-refractivity contribution in [2.45, 2.75) is 37.9 Å². The molecular formula is C20H24N4O2. The van der Waals surface area contributed by atoms with Gasteiger partial charge in [0.05, 0.1) is 18.9 Å². The summed E-state index contributed by atoms with van der Waals surface area (Å²) in [6.45, 7) is 4.12. The Bertz CT molecular complexity index is 806. The fourth-order valence-corrected chi connectivity index (χ4v) is 4.59. The van der Waals surface area contributed by atoms with Gasteiger partial charge in [-0.2, -0.15) is 0 Å². The van der Waals surface area contributed by atoms with Crippen LogP contribution in [0.1, 0.15) is 35.7 Å². The highest BCUT2D eigenvalue weighted by Gasteiger charge is 2.40. The Morgan fingerprint density at radius 3 is 2.92 bits per heavy atom. The van der Waals surface area contributed by atoms with Crippen molar-refractivity contribution in [2.24, 2.45) is 0 Å². The van der Waals surface area contributed by atoms with Crippen LogP contribution < -0.4 is 4.90 Å². The zero-order chi connectivity index (χ0) is 17.5. The van der Waals surface area contributed by atoms with Crippen LogP contribution in [-0.2, 0) is 17.7 Å². The predicted octanol–water partition coefficient (Wildman–Crippen LogP) is 2.28. The third kappa shape index (κ3) is 2.83. The molecule has 26 heavy (non-hydrogen) atoms. The lowest BCUT2D eigenvalue weighted by Crippen LogP contribution is -2.40. The van der Waals surface area contributed by atoms with Gasteiger partial charge >= 0.3 is 0 Å². The average molecular weight is 352 g/mol. The number of phenols is 1. The van der Waals surface area contributed by atoms with Crippen LogP contribution >= 0.6 is 0 Å². The van der Waals surface area contributed by atoms with Crippen molar-refractivity contribution in [3.63, 3.8) is 0 Å². The molecule has 5 rings (SSSR count). The number of aromatic nitrogens is 2. The molecular weight excluding hydrogens is 328 g/mol. The van der Waals surface area contributed by atoms with E-state index in [2.05, 4.69) is 27.0 Å². The Hall–Kier alpha value is -2.18. The zero-order valence-corrected chi connectivity index (χ0v) is 14.8. The zero-order valence-electron chi connectivity index (χ0n) is 14.8. The van der Waals surface area contributed by atoms with E-state index >= 15 is 0 Å². The molecule has 0 aliphatic carbocycles. The van der Waals surface area contributed by atoms with Gasteiger partial charge in [-0.15, -0.1) is 0 Å². The van der Waals surface area contributed by atoms with E-state index in [0.717, 1.165) is 57.2 Å². The molecule has 2 atom stereocenters. The molecule has 1 N–H and O–H groups in total. The fourth-order valence-electron chi connectivity index (χ4n) is 4.59. The first kappa shape index (κ1) is 16.0. The van der Waals surface area contributed by atoms with Crippen LogP contribution in [-0.4, -0.2) is 52.3 Å². The number of benzene rings is 1. The molecule has 136 valence electrons. The summed E-state index contributed by atoms with van der Waals surface area (Å²) in [6.07, 6.45) is 5.41. The minimum atomic E-state index is 0.339. The Labute approximate surface area is 153 Å². The molecule has 1 aromatic carbocycles. The van der Waals surface area contributed by atoms with Crippen molar-refractivity contribution < 1.29 is 9.84 Å². The summed E-state index contributed by atoms with van der Waals surface area (Å²) >= 11 is 0. The molecule has 1 aromatic heterocycles. The summed E-state index contributed by atoms with van der Waals surface area (Å²) in [4.78, 5) is 14.4. The molecule has 0 radical (unpaired) electrons. The van der Waals surface area contributed by atoms with Gasteiger partial charge in [0.1, 0.15) is 5.75 Å². The highest BCUT2D eigenvalue weighted by Crippen LogP contribution is 2.44. The summed E-state index contributed by atoms with van der Waals surface area (Å²) in [7, 11) is 0. The molecule has 3 aliphatic rings. The monoisotopic (exact) mass is 352 g/mol. The molecule has 3 aliphatic heterocycles. The van der Waals surface area contributed by atoms with Gasteiger partial charge in [0.2, 0.25) is 5.95 Å². The molecule has 2 aromatic rings. The highest BCUT2D eigenvalue weighted by molar-refractivity contribution is 5.38. The van der Waals surface area contributed by atoms with Gasteiger partial charge in [-0.3, -0.25) is 4.90 Å². The molecule has 6 nitrogen and oxygen atoms in total. The molecule has 0 saturated carbocycles. The van der Waals surface area contributed by atoms with Crippen molar-refractivity contribution >= 4 is 5.95 Å². The number of hydrogen-bond acceptors (Lipinski definition) is 6. The molecule has 0 spiro atoms. The Morgan fingerprint density at radius 2 is 2.08 bits per heavy atom. The van der Waals surface area contributed by atoms with Crippen LogP contribution in [0.15, 0.2) is 30.5 Å². The van der Waals surface area contributed by atoms with E-state index in [0.29, 0.717) is 17.8 Å². The predicted molar refractivity (Wildman–Crippen MR) is 98.2 cm³/mol. The summed E-state index contributed by atoms with van der Waals surface area (Å²) < 4.78 is 5.44. The van der Waals surface area contributed by atoms with Gasteiger partial charge in [0.15, 0.2) is 0 Å². The third-order valence-corrected chi connectivity index (χ3v) is 5.89. The maximum absolute atomic E-state index is 9.75. The first-order valence-electron chi connectivity index (χ1n) is 9.50. The Morgan fingerprint density at radius 1 is 1.19 bits per heavy atom.